The first-order valence-corrected chi connectivity index (χ1v) is 7.26. The summed E-state index contributed by atoms with van der Waals surface area (Å²) >= 11 is 0. The van der Waals surface area contributed by atoms with Gasteiger partial charge in [-0.25, -0.2) is 4.79 Å². The molecule has 1 heterocycles. The van der Waals surface area contributed by atoms with Crippen molar-refractivity contribution in [2.45, 2.75) is 51.5 Å². The van der Waals surface area contributed by atoms with Crippen LogP contribution in [0, 0.1) is 0 Å². The smallest absolute Gasteiger partial charge is 0.410 e. The molecule has 3 N–H and O–H groups in total. The standard InChI is InChI=1S/C16H24N2O3/c1-16(2,3)21-15(20)18-10-12-7-5-4-6-11(12)8-13(18)14(19)9-17/h4-7,13-14,19H,8-10,17H2,1-3H3/t13-,14+/m0/s1. The number of hydrogen-bond donors (Lipinski definition) is 2. The van der Waals surface area contributed by atoms with Gasteiger partial charge in [0.25, 0.3) is 0 Å². The molecule has 0 saturated carbocycles. The van der Waals surface area contributed by atoms with Crippen molar-refractivity contribution in [1.82, 2.24) is 4.90 Å². The number of benzene rings is 1. The molecule has 116 valence electrons. The maximum atomic E-state index is 12.4. The lowest BCUT2D eigenvalue weighted by Gasteiger charge is -2.39. The van der Waals surface area contributed by atoms with E-state index in [1.54, 1.807) is 4.90 Å². The van der Waals surface area contributed by atoms with Crippen molar-refractivity contribution in [3.05, 3.63) is 35.4 Å². The average Bonchev–Trinajstić information content (AvgIpc) is 2.43. The molecule has 1 amide bonds. The average molecular weight is 292 g/mol. The van der Waals surface area contributed by atoms with Crippen molar-refractivity contribution in [2.75, 3.05) is 6.54 Å². The van der Waals surface area contributed by atoms with Gasteiger partial charge in [-0.05, 0) is 38.3 Å². The number of rotatable bonds is 2. The molecule has 0 aromatic heterocycles. The summed E-state index contributed by atoms with van der Waals surface area (Å²) in [5.74, 6) is 0. The van der Waals surface area contributed by atoms with E-state index in [4.69, 9.17) is 10.5 Å². The van der Waals surface area contributed by atoms with Crippen LogP contribution < -0.4 is 5.73 Å². The van der Waals surface area contributed by atoms with Gasteiger partial charge in [-0.1, -0.05) is 24.3 Å². The van der Waals surface area contributed by atoms with Gasteiger partial charge in [0.1, 0.15) is 5.60 Å². The molecule has 0 aliphatic carbocycles. The number of hydrogen-bond acceptors (Lipinski definition) is 4. The SMILES string of the molecule is CC(C)(C)OC(=O)N1Cc2ccccc2C[C@H]1[C@H](O)CN. The minimum absolute atomic E-state index is 0.117. The molecular weight excluding hydrogens is 268 g/mol. The summed E-state index contributed by atoms with van der Waals surface area (Å²) in [6.45, 7) is 6.05. The largest absolute Gasteiger partial charge is 0.444 e. The number of ether oxygens (including phenoxy) is 1. The first-order valence-electron chi connectivity index (χ1n) is 7.26. The molecule has 1 aliphatic heterocycles. The maximum absolute atomic E-state index is 12.4. The van der Waals surface area contributed by atoms with Crippen molar-refractivity contribution in [3.63, 3.8) is 0 Å². The zero-order valence-corrected chi connectivity index (χ0v) is 12.9. The molecule has 1 aromatic carbocycles. The third-order valence-corrected chi connectivity index (χ3v) is 3.60. The predicted octanol–water partition coefficient (Wildman–Crippen LogP) is 1.67. The molecule has 5 heteroatoms. The van der Waals surface area contributed by atoms with E-state index in [0.29, 0.717) is 13.0 Å². The number of nitrogens with two attached hydrogens (primary N) is 1. The van der Waals surface area contributed by atoms with Crippen LogP contribution in [0.15, 0.2) is 24.3 Å². The molecule has 5 nitrogen and oxygen atoms in total. The lowest BCUT2D eigenvalue weighted by Crippen LogP contribution is -2.53. The Morgan fingerprint density at radius 3 is 2.62 bits per heavy atom. The first-order chi connectivity index (χ1) is 9.81. The minimum Gasteiger partial charge on any atom is -0.444 e. The van der Waals surface area contributed by atoms with Gasteiger partial charge in [-0.15, -0.1) is 0 Å². The van der Waals surface area contributed by atoms with Crippen LogP contribution in [0.4, 0.5) is 4.79 Å². The molecule has 2 rings (SSSR count). The quantitative estimate of drug-likeness (QED) is 0.869. The van der Waals surface area contributed by atoms with Crippen LogP contribution in [0.25, 0.3) is 0 Å². The van der Waals surface area contributed by atoms with Gasteiger partial charge in [-0.2, -0.15) is 0 Å². The predicted molar refractivity (Wildman–Crippen MR) is 80.8 cm³/mol. The highest BCUT2D eigenvalue weighted by Crippen LogP contribution is 2.26. The summed E-state index contributed by atoms with van der Waals surface area (Å²) in [7, 11) is 0. The molecule has 0 spiro atoms. The van der Waals surface area contributed by atoms with E-state index in [-0.39, 0.29) is 12.6 Å². The Kier molecular flexibility index (Phi) is 4.54. The maximum Gasteiger partial charge on any atom is 0.410 e. The third-order valence-electron chi connectivity index (χ3n) is 3.60. The van der Waals surface area contributed by atoms with E-state index in [1.165, 1.54) is 0 Å². The summed E-state index contributed by atoms with van der Waals surface area (Å²) < 4.78 is 5.45. The van der Waals surface area contributed by atoms with Crippen LogP contribution in [-0.2, 0) is 17.7 Å². The van der Waals surface area contributed by atoms with Crippen molar-refractivity contribution in [1.29, 1.82) is 0 Å². The molecular formula is C16H24N2O3. The number of aliphatic hydroxyl groups excluding tert-OH is 1. The number of carbonyl (C=O) groups excluding carboxylic acids is 1. The Balaban J connectivity index is 2.26. The van der Waals surface area contributed by atoms with Crippen LogP contribution in [0.3, 0.4) is 0 Å². The zero-order valence-electron chi connectivity index (χ0n) is 12.9. The second kappa shape index (κ2) is 6.03. The fourth-order valence-electron chi connectivity index (χ4n) is 2.57. The Hall–Kier alpha value is -1.59. The Morgan fingerprint density at radius 2 is 2.05 bits per heavy atom. The molecule has 1 aromatic rings. The Labute approximate surface area is 125 Å². The van der Waals surface area contributed by atoms with Crippen LogP contribution in [0.1, 0.15) is 31.9 Å². The number of aliphatic hydroxyl groups is 1. The lowest BCUT2D eigenvalue weighted by atomic mass is 9.91. The second-order valence-corrected chi connectivity index (χ2v) is 6.45. The van der Waals surface area contributed by atoms with Crippen molar-refractivity contribution in [3.8, 4) is 0 Å². The van der Waals surface area contributed by atoms with E-state index in [2.05, 4.69) is 0 Å². The topological polar surface area (TPSA) is 75.8 Å². The highest BCUT2D eigenvalue weighted by Gasteiger charge is 2.36. The molecule has 1 aliphatic rings. The fourth-order valence-corrected chi connectivity index (χ4v) is 2.57. The van der Waals surface area contributed by atoms with Gasteiger partial charge in [0.15, 0.2) is 0 Å². The van der Waals surface area contributed by atoms with Crippen LogP contribution >= 0.6 is 0 Å². The highest BCUT2D eigenvalue weighted by molar-refractivity contribution is 5.69. The third kappa shape index (κ3) is 3.74. The Morgan fingerprint density at radius 1 is 1.43 bits per heavy atom. The zero-order chi connectivity index (χ0) is 15.6. The summed E-state index contributed by atoms with van der Waals surface area (Å²) in [6.07, 6.45) is -0.575. The minimum atomic E-state index is -0.758. The van der Waals surface area contributed by atoms with E-state index < -0.39 is 17.8 Å². The van der Waals surface area contributed by atoms with E-state index in [1.807, 2.05) is 45.0 Å². The van der Waals surface area contributed by atoms with Crippen LogP contribution in [0.2, 0.25) is 0 Å². The Bertz CT molecular complexity index is 510. The van der Waals surface area contributed by atoms with Gasteiger partial charge in [-0.3, -0.25) is 4.90 Å². The van der Waals surface area contributed by atoms with Gasteiger partial charge >= 0.3 is 6.09 Å². The molecule has 0 bridgehead atoms. The van der Waals surface area contributed by atoms with Crippen LogP contribution in [0.5, 0.6) is 0 Å². The van der Waals surface area contributed by atoms with Gasteiger partial charge in [0.05, 0.1) is 12.1 Å². The summed E-state index contributed by atoms with van der Waals surface area (Å²) in [5.41, 5.74) is 7.26. The fraction of sp³-hybridized carbons (Fsp3) is 0.562. The van der Waals surface area contributed by atoms with E-state index >= 15 is 0 Å². The summed E-state index contributed by atoms with van der Waals surface area (Å²) in [6, 6.07) is 7.59. The number of fused-ring (bicyclic) bond motifs is 1. The van der Waals surface area contributed by atoms with E-state index in [0.717, 1.165) is 11.1 Å². The summed E-state index contributed by atoms with van der Waals surface area (Å²) in [4.78, 5) is 14.0. The first kappa shape index (κ1) is 15.8. The highest BCUT2D eigenvalue weighted by atomic mass is 16.6. The van der Waals surface area contributed by atoms with Gasteiger partial charge in [0, 0.05) is 13.1 Å². The molecule has 2 atom stereocenters. The molecule has 0 fully saturated rings. The number of nitrogens with zero attached hydrogens (tertiary/aromatic N) is 1. The van der Waals surface area contributed by atoms with Crippen molar-refractivity contribution >= 4 is 6.09 Å². The normalized spacial score (nSPS) is 19.9. The summed E-state index contributed by atoms with van der Waals surface area (Å²) in [5, 5.41) is 10.2. The monoisotopic (exact) mass is 292 g/mol. The molecule has 21 heavy (non-hydrogen) atoms. The van der Waals surface area contributed by atoms with Crippen molar-refractivity contribution < 1.29 is 14.6 Å². The van der Waals surface area contributed by atoms with Crippen LogP contribution in [-0.4, -0.2) is 40.4 Å². The second-order valence-electron chi connectivity index (χ2n) is 6.45. The molecule has 0 saturated heterocycles. The van der Waals surface area contributed by atoms with Crippen molar-refractivity contribution in [2.24, 2.45) is 5.73 Å². The van der Waals surface area contributed by atoms with Gasteiger partial charge < -0.3 is 15.6 Å². The molecule has 0 unspecified atom stereocenters. The lowest BCUT2D eigenvalue weighted by molar-refractivity contribution is -0.0101. The van der Waals surface area contributed by atoms with Gasteiger partial charge in [0.2, 0.25) is 0 Å². The van der Waals surface area contributed by atoms with E-state index in [9.17, 15) is 9.90 Å². The number of amides is 1. The molecule has 0 radical (unpaired) electrons. The number of carbonyl (C=O) groups is 1.